The highest BCUT2D eigenvalue weighted by atomic mass is 16.6. The Labute approximate surface area is 161 Å². The van der Waals surface area contributed by atoms with Crippen LogP contribution in [-0.4, -0.2) is 19.7 Å². The summed E-state index contributed by atoms with van der Waals surface area (Å²) in [5, 5.41) is 16.3. The minimum atomic E-state index is -0.406. The lowest BCUT2D eigenvalue weighted by Gasteiger charge is -2.10. The highest BCUT2D eigenvalue weighted by Gasteiger charge is 2.13. The number of hydrazine groups is 1. The van der Waals surface area contributed by atoms with Gasteiger partial charge in [-0.05, 0) is 30.7 Å². The molecule has 0 aliphatic carbocycles. The number of nitro benzene ring substituents is 1. The third-order valence-corrected chi connectivity index (χ3v) is 4.41. The number of anilines is 1. The Kier molecular flexibility index (Phi) is 4.69. The summed E-state index contributed by atoms with van der Waals surface area (Å²) < 4.78 is 1.83. The number of nitro groups is 1. The maximum atomic E-state index is 10.7. The monoisotopic (exact) mass is 374 g/mol. The molecular weight excluding hydrogens is 356 g/mol. The van der Waals surface area contributed by atoms with Crippen molar-refractivity contribution in [2.75, 3.05) is 5.43 Å². The molecule has 0 unspecified atom stereocenters. The molecule has 2 aromatic heterocycles. The van der Waals surface area contributed by atoms with E-state index in [2.05, 4.69) is 20.9 Å². The van der Waals surface area contributed by atoms with Crippen molar-refractivity contribution in [3.05, 3.63) is 88.2 Å². The number of rotatable bonds is 6. The van der Waals surface area contributed by atoms with Gasteiger partial charge in [-0.15, -0.1) is 0 Å². The largest absolute Gasteiger partial charge is 0.320 e. The van der Waals surface area contributed by atoms with Crippen LogP contribution in [0.15, 0.2) is 66.9 Å². The van der Waals surface area contributed by atoms with Crippen LogP contribution in [0.3, 0.4) is 0 Å². The standard InChI is InChI=1S/C20H18N6O2/c1-14-19-18(23-22-13-15-7-9-17(10-8-15)26(27)28)11-12-21-20(19)25(24-14)16-5-3-2-4-6-16/h2-12,22H,13H2,1H3,(H,21,23). The summed E-state index contributed by atoms with van der Waals surface area (Å²) in [6.45, 7) is 2.46. The lowest BCUT2D eigenvalue weighted by atomic mass is 10.2. The number of hydrogen-bond acceptors (Lipinski definition) is 6. The molecule has 2 aromatic carbocycles. The average molecular weight is 374 g/mol. The molecule has 2 N–H and O–H groups in total. The first kappa shape index (κ1) is 17.6. The molecule has 0 saturated carbocycles. The number of benzene rings is 2. The Morgan fingerprint density at radius 2 is 1.82 bits per heavy atom. The van der Waals surface area contributed by atoms with Crippen molar-refractivity contribution in [2.45, 2.75) is 13.5 Å². The summed E-state index contributed by atoms with van der Waals surface area (Å²) in [6.07, 6.45) is 1.73. The Morgan fingerprint density at radius 1 is 1.07 bits per heavy atom. The second-order valence-electron chi connectivity index (χ2n) is 6.29. The molecule has 8 nitrogen and oxygen atoms in total. The van der Waals surface area contributed by atoms with Crippen molar-refractivity contribution in [3.8, 4) is 5.69 Å². The fraction of sp³-hybridized carbons (Fsp3) is 0.100. The molecule has 0 radical (unpaired) electrons. The van der Waals surface area contributed by atoms with E-state index in [0.29, 0.717) is 6.54 Å². The van der Waals surface area contributed by atoms with Crippen molar-refractivity contribution in [3.63, 3.8) is 0 Å². The van der Waals surface area contributed by atoms with Gasteiger partial charge in [-0.25, -0.2) is 15.1 Å². The van der Waals surface area contributed by atoms with Gasteiger partial charge in [0.1, 0.15) is 0 Å². The number of nitrogens with one attached hydrogen (secondary N) is 2. The van der Waals surface area contributed by atoms with Crippen molar-refractivity contribution in [1.82, 2.24) is 20.2 Å². The molecule has 0 saturated heterocycles. The van der Waals surface area contributed by atoms with E-state index in [0.717, 1.165) is 33.7 Å². The number of non-ortho nitro benzene ring substituents is 1. The Hall–Kier alpha value is -3.78. The van der Waals surface area contributed by atoms with Crippen LogP contribution in [0.1, 0.15) is 11.3 Å². The zero-order valence-electron chi connectivity index (χ0n) is 15.2. The van der Waals surface area contributed by atoms with Gasteiger partial charge < -0.3 is 5.43 Å². The Balaban J connectivity index is 1.54. The molecule has 0 fully saturated rings. The molecule has 28 heavy (non-hydrogen) atoms. The highest BCUT2D eigenvalue weighted by Crippen LogP contribution is 2.26. The molecule has 0 amide bonds. The van der Waals surface area contributed by atoms with Crippen LogP contribution in [0, 0.1) is 17.0 Å². The second kappa shape index (κ2) is 7.45. The fourth-order valence-electron chi connectivity index (χ4n) is 3.05. The molecule has 8 heteroatoms. The number of aryl methyl sites for hydroxylation is 1. The molecule has 0 aliphatic rings. The smallest absolute Gasteiger partial charge is 0.269 e. The van der Waals surface area contributed by atoms with E-state index in [4.69, 9.17) is 0 Å². The number of fused-ring (bicyclic) bond motifs is 1. The van der Waals surface area contributed by atoms with Crippen LogP contribution in [-0.2, 0) is 6.54 Å². The van der Waals surface area contributed by atoms with Crippen LogP contribution < -0.4 is 10.9 Å². The van der Waals surface area contributed by atoms with Crippen LogP contribution in [0.4, 0.5) is 11.4 Å². The number of hydrogen-bond donors (Lipinski definition) is 2. The molecule has 4 rings (SSSR count). The minimum Gasteiger partial charge on any atom is -0.320 e. The summed E-state index contributed by atoms with van der Waals surface area (Å²) in [4.78, 5) is 14.8. The first-order valence-electron chi connectivity index (χ1n) is 8.75. The van der Waals surface area contributed by atoms with Gasteiger partial charge in [0.15, 0.2) is 5.65 Å². The SMILES string of the molecule is Cc1nn(-c2ccccc2)c2nccc(NNCc3ccc([N+](=O)[O-])cc3)c12. The molecule has 0 aliphatic heterocycles. The van der Waals surface area contributed by atoms with Gasteiger partial charge >= 0.3 is 0 Å². The molecule has 2 heterocycles. The number of nitrogens with zero attached hydrogens (tertiary/aromatic N) is 4. The van der Waals surface area contributed by atoms with Crippen LogP contribution in [0.5, 0.6) is 0 Å². The quantitative estimate of drug-likeness (QED) is 0.394. The predicted octanol–water partition coefficient (Wildman–Crippen LogP) is 3.75. The topological polar surface area (TPSA) is 97.9 Å². The van der Waals surface area contributed by atoms with Crippen LogP contribution in [0.2, 0.25) is 0 Å². The van der Waals surface area contributed by atoms with Crippen molar-refractivity contribution < 1.29 is 4.92 Å². The summed E-state index contributed by atoms with van der Waals surface area (Å²) in [5.41, 5.74) is 10.8. The lowest BCUT2D eigenvalue weighted by molar-refractivity contribution is -0.384. The van der Waals surface area contributed by atoms with Gasteiger partial charge in [0, 0.05) is 24.9 Å². The summed E-state index contributed by atoms with van der Waals surface area (Å²) in [7, 11) is 0. The Morgan fingerprint density at radius 3 is 2.54 bits per heavy atom. The highest BCUT2D eigenvalue weighted by molar-refractivity contribution is 5.92. The fourth-order valence-corrected chi connectivity index (χ4v) is 3.05. The van der Waals surface area contributed by atoms with E-state index < -0.39 is 4.92 Å². The molecular formula is C20H18N6O2. The first-order chi connectivity index (χ1) is 13.6. The van der Waals surface area contributed by atoms with Gasteiger partial charge in [-0.3, -0.25) is 10.1 Å². The summed E-state index contributed by atoms with van der Waals surface area (Å²) >= 11 is 0. The predicted molar refractivity (Wildman–Crippen MR) is 107 cm³/mol. The van der Waals surface area contributed by atoms with Gasteiger partial charge in [0.2, 0.25) is 0 Å². The van der Waals surface area contributed by atoms with Crippen molar-refractivity contribution >= 4 is 22.4 Å². The second-order valence-corrected chi connectivity index (χ2v) is 6.29. The minimum absolute atomic E-state index is 0.0801. The molecule has 0 bridgehead atoms. The van der Waals surface area contributed by atoms with E-state index >= 15 is 0 Å². The zero-order chi connectivity index (χ0) is 19.5. The van der Waals surface area contributed by atoms with Crippen molar-refractivity contribution in [1.29, 1.82) is 0 Å². The number of para-hydroxylation sites is 1. The Bertz CT molecular complexity index is 1120. The maximum absolute atomic E-state index is 10.7. The zero-order valence-corrected chi connectivity index (χ0v) is 15.2. The van der Waals surface area contributed by atoms with Gasteiger partial charge in [0.25, 0.3) is 5.69 Å². The first-order valence-corrected chi connectivity index (χ1v) is 8.75. The molecule has 0 atom stereocenters. The van der Waals surface area contributed by atoms with E-state index in [1.165, 1.54) is 12.1 Å². The lowest BCUT2D eigenvalue weighted by Crippen LogP contribution is -2.21. The molecule has 4 aromatic rings. The van der Waals surface area contributed by atoms with E-state index in [9.17, 15) is 10.1 Å². The van der Waals surface area contributed by atoms with E-state index in [1.807, 2.05) is 48.0 Å². The maximum Gasteiger partial charge on any atom is 0.269 e. The van der Waals surface area contributed by atoms with E-state index in [-0.39, 0.29) is 5.69 Å². The number of pyridine rings is 1. The van der Waals surface area contributed by atoms with Crippen LogP contribution >= 0.6 is 0 Å². The van der Waals surface area contributed by atoms with Gasteiger partial charge in [0.05, 0.1) is 27.4 Å². The third kappa shape index (κ3) is 3.40. The summed E-state index contributed by atoms with van der Waals surface area (Å²) in [6, 6.07) is 18.2. The van der Waals surface area contributed by atoms with Crippen LogP contribution in [0.25, 0.3) is 16.7 Å². The van der Waals surface area contributed by atoms with Gasteiger partial charge in [-0.1, -0.05) is 30.3 Å². The molecule has 0 spiro atoms. The number of aromatic nitrogens is 3. The average Bonchev–Trinajstić information content (AvgIpc) is 3.07. The van der Waals surface area contributed by atoms with Crippen molar-refractivity contribution in [2.24, 2.45) is 0 Å². The third-order valence-electron chi connectivity index (χ3n) is 4.41. The van der Waals surface area contributed by atoms with Gasteiger partial charge in [-0.2, -0.15) is 5.10 Å². The molecule has 140 valence electrons. The normalized spacial score (nSPS) is 10.9. The van der Waals surface area contributed by atoms with E-state index in [1.54, 1.807) is 18.3 Å². The summed E-state index contributed by atoms with van der Waals surface area (Å²) in [5.74, 6) is 0.